The molecule has 1 aromatic heterocycles. The van der Waals surface area contributed by atoms with E-state index in [9.17, 15) is 9.59 Å². The summed E-state index contributed by atoms with van der Waals surface area (Å²) in [6.07, 6.45) is 3.42. The van der Waals surface area contributed by atoms with Crippen molar-refractivity contribution in [1.82, 2.24) is 4.98 Å². The number of carbonyl (C=O) groups is 2. The Hall–Kier alpha value is -2.37. The second kappa shape index (κ2) is 4.23. The monoisotopic (exact) mass is 208 g/mol. The van der Waals surface area contributed by atoms with Crippen LogP contribution in [-0.4, -0.2) is 27.1 Å². The lowest BCUT2D eigenvalue weighted by Crippen LogP contribution is -2.05. The van der Waals surface area contributed by atoms with E-state index in [1.165, 1.54) is 18.3 Å². The number of aromatic carboxylic acids is 1. The molecule has 0 unspecified atom stereocenters. The molecule has 78 valence electrons. The molecule has 0 aromatic carbocycles. The lowest BCUT2D eigenvalue weighted by Gasteiger charge is -2.00. The summed E-state index contributed by atoms with van der Waals surface area (Å²) in [5.41, 5.74) is 5.58. The van der Waals surface area contributed by atoms with Gasteiger partial charge < -0.3 is 15.9 Å². The fraction of sp³-hybridized carbons (Fsp3) is 0. The van der Waals surface area contributed by atoms with Crippen LogP contribution in [0.5, 0.6) is 0 Å². The average Bonchev–Trinajstić information content (AvgIpc) is 2.14. The topological polar surface area (TPSA) is 114 Å². The Morgan fingerprint density at radius 1 is 1.40 bits per heavy atom. The molecule has 0 radical (unpaired) electrons. The summed E-state index contributed by atoms with van der Waals surface area (Å²) in [5, 5.41) is 17.0. The smallest absolute Gasteiger partial charge is 0.356 e. The van der Waals surface area contributed by atoms with Crippen molar-refractivity contribution in [3.05, 3.63) is 29.6 Å². The van der Waals surface area contributed by atoms with E-state index in [4.69, 9.17) is 15.9 Å². The van der Waals surface area contributed by atoms with Gasteiger partial charge in [-0.25, -0.2) is 14.6 Å². The van der Waals surface area contributed by atoms with Crippen LogP contribution in [0.15, 0.2) is 18.3 Å². The van der Waals surface area contributed by atoms with Gasteiger partial charge in [-0.3, -0.25) is 0 Å². The van der Waals surface area contributed by atoms with E-state index < -0.39 is 11.9 Å². The molecule has 0 aliphatic heterocycles. The maximum atomic E-state index is 10.5. The number of hydrogen-bond donors (Lipinski definition) is 3. The lowest BCUT2D eigenvalue weighted by molar-refractivity contribution is -0.131. The molecule has 1 heterocycles. The van der Waals surface area contributed by atoms with E-state index in [1.807, 2.05) is 0 Å². The number of carboxylic acid groups (broad SMARTS) is 2. The highest BCUT2D eigenvalue weighted by Crippen LogP contribution is 2.12. The second-order valence-electron chi connectivity index (χ2n) is 2.68. The number of carboxylic acids is 2. The fourth-order valence-corrected chi connectivity index (χ4v) is 0.936. The molecule has 1 aromatic rings. The Morgan fingerprint density at radius 2 is 2.07 bits per heavy atom. The number of rotatable bonds is 3. The molecule has 6 nitrogen and oxygen atoms in total. The summed E-state index contributed by atoms with van der Waals surface area (Å²) in [5.74, 6) is -2.32. The third kappa shape index (κ3) is 2.80. The van der Waals surface area contributed by atoms with Gasteiger partial charge in [0, 0.05) is 12.3 Å². The van der Waals surface area contributed by atoms with Crippen molar-refractivity contribution >= 4 is 23.7 Å². The van der Waals surface area contributed by atoms with Gasteiger partial charge in [0.15, 0.2) is 5.69 Å². The quantitative estimate of drug-likeness (QED) is 0.622. The van der Waals surface area contributed by atoms with Crippen LogP contribution in [0, 0.1) is 0 Å². The number of aromatic nitrogens is 1. The molecule has 0 aliphatic carbocycles. The first-order valence-corrected chi connectivity index (χ1v) is 3.90. The zero-order valence-corrected chi connectivity index (χ0v) is 7.54. The minimum atomic E-state index is -1.22. The molecule has 0 atom stereocenters. The van der Waals surface area contributed by atoms with Crippen LogP contribution in [0.3, 0.4) is 0 Å². The maximum Gasteiger partial charge on any atom is 0.356 e. The van der Waals surface area contributed by atoms with Gasteiger partial charge in [0.25, 0.3) is 0 Å². The first kappa shape index (κ1) is 10.7. The van der Waals surface area contributed by atoms with Crippen LogP contribution in [0.1, 0.15) is 16.1 Å². The van der Waals surface area contributed by atoms with Crippen LogP contribution < -0.4 is 5.73 Å². The Kier molecular flexibility index (Phi) is 3.02. The highest BCUT2D eigenvalue weighted by molar-refractivity contribution is 5.92. The molecule has 15 heavy (non-hydrogen) atoms. The van der Waals surface area contributed by atoms with Crippen molar-refractivity contribution in [1.29, 1.82) is 0 Å². The Labute approximate surface area is 84.7 Å². The van der Waals surface area contributed by atoms with Crippen LogP contribution >= 0.6 is 0 Å². The van der Waals surface area contributed by atoms with Gasteiger partial charge in [0.2, 0.25) is 0 Å². The zero-order chi connectivity index (χ0) is 11.4. The number of anilines is 1. The van der Waals surface area contributed by atoms with Crippen molar-refractivity contribution in [3.8, 4) is 0 Å². The van der Waals surface area contributed by atoms with Crippen LogP contribution in [0.2, 0.25) is 0 Å². The van der Waals surface area contributed by atoms with Crippen LogP contribution in [0.25, 0.3) is 6.08 Å². The summed E-state index contributed by atoms with van der Waals surface area (Å²) in [4.78, 5) is 24.3. The third-order valence-electron chi connectivity index (χ3n) is 1.56. The van der Waals surface area contributed by atoms with Gasteiger partial charge in [0.05, 0.1) is 5.69 Å². The highest BCUT2D eigenvalue weighted by Gasteiger charge is 2.08. The number of nitrogens with two attached hydrogens (primary N) is 1. The summed E-state index contributed by atoms with van der Waals surface area (Å²) >= 11 is 0. The molecule has 0 saturated heterocycles. The van der Waals surface area contributed by atoms with Gasteiger partial charge >= 0.3 is 11.9 Å². The highest BCUT2D eigenvalue weighted by atomic mass is 16.4. The predicted molar refractivity (Wildman–Crippen MR) is 52.3 cm³/mol. The van der Waals surface area contributed by atoms with Gasteiger partial charge in [-0.2, -0.15) is 0 Å². The largest absolute Gasteiger partial charge is 0.478 e. The molecule has 0 aliphatic rings. The van der Waals surface area contributed by atoms with E-state index >= 15 is 0 Å². The molecule has 1 rings (SSSR count). The summed E-state index contributed by atoms with van der Waals surface area (Å²) in [6, 6.07) is 1.34. The van der Waals surface area contributed by atoms with Gasteiger partial charge in [0.1, 0.15) is 0 Å². The Morgan fingerprint density at radius 3 is 2.53 bits per heavy atom. The van der Waals surface area contributed by atoms with Gasteiger partial charge in [-0.1, -0.05) is 0 Å². The first-order valence-electron chi connectivity index (χ1n) is 3.90. The molecular formula is C9H8N2O4. The number of hydrogen-bond acceptors (Lipinski definition) is 4. The molecule has 0 spiro atoms. The molecular weight excluding hydrogens is 200 g/mol. The number of nitrogens with zero attached hydrogens (tertiary/aromatic N) is 1. The third-order valence-corrected chi connectivity index (χ3v) is 1.56. The summed E-state index contributed by atoms with van der Waals surface area (Å²) < 4.78 is 0. The molecule has 0 bridgehead atoms. The lowest BCUT2D eigenvalue weighted by atomic mass is 10.2. The van der Waals surface area contributed by atoms with E-state index in [-0.39, 0.29) is 11.4 Å². The molecule has 0 amide bonds. The molecule has 4 N–H and O–H groups in total. The van der Waals surface area contributed by atoms with E-state index in [1.54, 1.807) is 0 Å². The molecule has 6 heteroatoms. The number of aliphatic carboxylic acids is 1. The van der Waals surface area contributed by atoms with Crippen LogP contribution in [-0.2, 0) is 4.79 Å². The Balaban J connectivity index is 3.01. The average molecular weight is 208 g/mol. The normalized spacial score (nSPS) is 10.4. The van der Waals surface area contributed by atoms with Crippen molar-refractivity contribution in [3.63, 3.8) is 0 Å². The zero-order valence-electron chi connectivity index (χ0n) is 7.54. The van der Waals surface area contributed by atoms with Crippen molar-refractivity contribution in [2.45, 2.75) is 0 Å². The van der Waals surface area contributed by atoms with Crippen LogP contribution in [0.4, 0.5) is 5.69 Å². The summed E-state index contributed by atoms with van der Waals surface area (Å²) in [6.45, 7) is 0. The van der Waals surface area contributed by atoms with Gasteiger partial charge in [-0.05, 0) is 17.7 Å². The van der Waals surface area contributed by atoms with E-state index in [2.05, 4.69) is 4.98 Å². The number of nitrogen functional groups attached to an aromatic ring is 1. The second-order valence-corrected chi connectivity index (χ2v) is 2.68. The van der Waals surface area contributed by atoms with E-state index in [0.29, 0.717) is 5.56 Å². The van der Waals surface area contributed by atoms with Crippen molar-refractivity contribution in [2.75, 3.05) is 5.73 Å². The predicted octanol–water partition coefficient (Wildman–Crippen LogP) is 0.460. The molecule has 0 fully saturated rings. The Bertz CT molecular complexity index is 440. The van der Waals surface area contributed by atoms with Gasteiger partial charge in [-0.15, -0.1) is 0 Å². The van der Waals surface area contributed by atoms with Crippen molar-refractivity contribution < 1.29 is 19.8 Å². The maximum absolute atomic E-state index is 10.5. The molecule has 0 saturated carbocycles. The first-order chi connectivity index (χ1) is 7.00. The standard InChI is InChI=1S/C9H8N2O4/c10-6-3-5(1-2-7(12)13)4-11-8(6)9(14)15/h1-4H,10H2,(H,12,13)(H,14,15). The summed E-state index contributed by atoms with van der Waals surface area (Å²) in [7, 11) is 0. The van der Waals surface area contributed by atoms with Crippen molar-refractivity contribution in [2.24, 2.45) is 0 Å². The fourth-order valence-electron chi connectivity index (χ4n) is 0.936. The number of pyridine rings is 1. The minimum absolute atomic E-state index is 0.00459. The SMILES string of the molecule is Nc1cc(C=CC(=O)O)cnc1C(=O)O. The minimum Gasteiger partial charge on any atom is -0.478 e. The van der Waals surface area contributed by atoms with E-state index in [0.717, 1.165) is 6.08 Å².